The fourth-order valence-corrected chi connectivity index (χ4v) is 1.37. The van der Waals surface area contributed by atoms with E-state index in [4.69, 9.17) is 4.74 Å². The molecule has 4 heteroatoms. The Bertz CT molecular complexity index is 347. The maximum Gasteiger partial charge on any atom is 0.308 e. The molecule has 0 aliphatic rings. The lowest BCUT2D eigenvalue weighted by molar-refractivity contribution is -0.131. The molecule has 1 aromatic rings. The first-order chi connectivity index (χ1) is 6.13. The van der Waals surface area contributed by atoms with Crippen LogP contribution in [0.3, 0.4) is 0 Å². The minimum atomic E-state index is -0.427. The third-order valence-electron chi connectivity index (χ3n) is 1.35. The van der Waals surface area contributed by atoms with Gasteiger partial charge in [0, 0.05) is 10.5 Å². The van der Waals surface area contributed by atoms with Crippen molar-refractivity contribution in [1.29, 1.82) is 0 Å². The lowest BCUT2D eigenvalue weighted by Gasteiger charge is -2.03. The summed E-state index contributed by atoms with van der Waals surface area (Å²) in [6, 6.07) is 5.03. The van der Waals surface area contributed by atoms with Gasteiger partial charge >= 0.3 is 5.97 Å². The number of benzene rings is 1. The van der Waals surface area contributed by atoms with Crippen molar-refractivity contribution in [3.8, 4) is 5.75 Å². The highest BCUT2D eigenvalue weighted by molar-refractivity contribution is 14.1. The average Bonchev–Trinajstić information content (AvgIpc) is 2.07. The van der Waals surface area contributed by atoms with Gasteiger partial charge in [-0.2, -0.15) is 0 Å². The molecular weight excluding hydrogens is 283 g/mol. The van der Waals surface area contributed by atoms with Crippen molar-refractivity contribution in [2.45, 2.75) is 6.92 Å². The van der Waals surface area contributed by atoms with Gasteiger partial charge in [0.05, 0.1) is 5.56 Å². The van der Waals surface area contributed by atoms with E-state index in [1.54, 1.807) is 18.2 Å². The van der Waals surface area contributed by atoms with E-state index < -0.39 is 5.97 Å². The Morgan fingerprint density at radius 3 is 2.77 bits per heavy atom. The van der Waals surface area contributed by atoms with Gasteiger partial charge in [0.2, 0.25) is 0 Å². The fraction of sp³-hybridized carbons (Fsp3) is 0.111. The van der Waals surface area contributed by atoms with Gasteiger partial charge in [-0.1, -0.05) is 0 Å². The zero-order valence-corrected chi connectivity index (χ0v) is 9.07. The summed E-state index contributed by atoms with van der Waals surface area (Å²) < 4.78 is 5.74. The van der Waals surface area contributed by atoms with Gasteiger partial charge in [0.15, 0.2) is 6.29 Å². The van der Waals surface area contributed by atoms with E-state index in [0.29, 0.717) is 17.6 Å². The van der Waals surface area contributed by atoms with Crippen LogP contribution in [0.4, 0.5) is 0 Å². The van der Waals surface area contributed by atoms with Gasteiger partial charge in [-0.05, 0) is 40.8 Å². The zero-order valence-electron chi connectivity index (χ0n) is 6.91. The summed E-state index contributed by atoms with van der Waals surface area (Å²) in [7, 11) is 0. The van der Waals surface area contributed by atoms with Gasteiger partial charge in [0.1, 0.15) is 5.75 Å². The zero-order chi connectivity index (χ0) is 9.84. The van der Waals surface area contributed by atoms with Crippen LogP contribution in [-0.2, 0) is 4.79 Å². The first kappa shape index (κ1) is 10.2. The lowest BCUT2D eigenvalue weighted by Crippen LogP contribution is -2.03. The monoisotopic (exact) mass is 290 g/mol. The Hall–Kier alpha value is -0.910. The molecule has 0 atom stereocenters. The van der Waals surface area contributed by atoms with E-state index in [-0.39, 0.29) is 0 Å². The minimum Gasteiger partial charge on any atom is -0.426 e. The van der Waals surface area contributed by atoms with Crippen LogP contribution in [0.15, 0.2) is 18.2 Å². The smallest absolute Gasteiger partial charge is 0.308 e. The molecule has 0 radical (unpaired) electrons. The molecular formula is C9H7IO3. The van der Waals surface area contributed by atoms with E-state index in [1.807, 2.05) is 0 Å². The van der Waals surface area contributed by atoms with Crippen molar-refractivity contribution in [2.75, 3.05) is 0 Å². The predicted octanol–water partition coefficient (Wildman–Crippen LogP) is 2.03. The highest BCUT2D eigenvalue weighted by Gasteiger charge is 2.05. The third-order valence-corrected chi connectivity index (χ3v) is 2.02. The number of carbonyl (C=O) groups excluding carboxylic acids is 2. The fourth-order valence-electron chi connectivity index (χ4n) is 0.859. The summed E-state index contributed by atoms with van der Waals surface area (Å²) in [6.07, 6.45) is 0.667. The summed E-state index contributed by atoms with van der Waals surface area (Å²) >= 11 is 2.08. The largest absolute Gasteiger partial charge is 0.426 e. The first-order valence-electron chi connectivity index (χ1n) is 3.56. The summed E-state index contributed by atoms with van der Waals surface area (Å²) in [4.78, 5) is 21.2. The standard InChI is InChI=1S/C9H7IO3/c1-6(12)13-9-3-2-8(10)4-7(9)5-11/h2-5H,1H3. The second-order valence-corrected chi connectivity index (χ2v) is 3.64. The molecule has 68 valence electrons. The Kier molecular flexibility index (Phi) is 3.41. The van der Waals surface area contributed by atoms with Crippen molar-refractivity contribution in [3.63, 3.8) is 0 Å². The molecule has 0 heterocycles. The van der Waals surface area contributed by atoms with Crippen LogP contribution in [0.1, 0.15) is 17.3 Å². The number of rotatable bonds is 2. The highest BCUT2D eigenvalue weighted by Crippen LogP contribution is 2.19. The molecule has 0 aromatic heterocycles. The Labute approximate surface area is 89.2 Å². The quantitative estimate of drug-likeness (QED) is 0.362. The van der Waals surface area contributed by atoms with Crippen molar-refractivity contribution in [3.05, 3.63) is 27.3 Å². The van der Waals surface area contributed by atoms with Crippen LogP contribution in [0.5, 0.6) is 5.75 Å². The van der Waals surface area contributed by atoms with Gasteiger partial charge < -0.3 is 4.74 Å². The summed E-state index contributed by atoms with van der Waals surface area (Å²) in [5, 5.41) is 0. The SMILES string of the molecule is CC(=O)Oc1ccc(I)cc1C=O. The minimum absolute atomic E-state index is 0.308. The van der Waals surface area contributed by atoms with Crippen LogP contribution in [0.25, 0.3) is 0 Å². The Morgan fingerprint density at radius 2 is 2.23 bits per heavy atom. The second-order valence-electron chi connectivity index (χ2n) is 2.39. The lowest BCUT2D eigenvalue weighted by atomic mass is 10.2. The molecule has 1 aromatic carbocycles. The summed E-state index contributed by atoms with van der Waals surface area (Å²) in [5.41, 5.74) is 0.391. The number of aldehydes is 1. The van der Waals surface area contributed by atoms with E-state index in [0.717, 1.165) is 3.57 Å². The molecule has 1 rings (SSSR count). The maximum absolute atomic E-state index is 10.6. The summed E-state index contributed by atoms with van der Waals surface area (Å²) in [6.45, 7) is 1.30. The molecule has 0 aliphatic carbocycles. The van der Waals surface area contributed by atoms with Crippen molar-refractivity contribution < 1.29 is 14.3 Å². The third kappa shape index (κ3) is 2.80. The molecule has 0 saturated carbocycles. The molecule has 0 aliphatic heterocycles. The van der Waals surface area contributed by atoms with Gasteiger partial charge in [-0.3, -0.25) is 9.59 Å². The van der Waals surface area contributed by atoms with Crippen LogP contribution in [0.2, 0.25) is 0 Å². The van der Waals surface area contributed by atoms with Crippen molar-refractivity contribution >= 4 is 34.8 Å². The topological polar surface area (TPSA) is 43.4 Å². The Morgan fingerprint density at radius 1 is 1.54 bits per heavy atom. The van der Waals surface area contributed by atoms with Crippen LogP contribution in [-0.4, -0.2) is 12.3 Å². The van der Waals surface area contributed by atoms with E-state index >= 15 is 0 Å². The average molecular weight is 290 g/mol. The molecule has 0 amide bonds. The molecule has 13 heavy (non-hydrogen) atoms. The van der Waals surface area contributed by atoms with E-state index in [2.05, 4.69) is 22.6 Å². The van der Waals surface area contributed by atoms with Crippen LogP contribution in [0, 0.1) is 3.57 Å². The van der Waals surface area contributed by atoms with Crippen molar-refractivity contribution in [1.82, 2.24) is 0 Å². The molecule has 0 fully saturated rings. The van der Waals surface area contributed by atoms with Gasteiger partial charge in [-0.25, -0.2) is 0 Å². The van der Waals surface area contributed by atoms with Gasteiger partial charge in [-0.15, -0.1) is 0 Å². The van der Waals surface area contributed by atoms with Gasteiger partial charge in [0.25, 0.3) is 0 Å². The van der Waals surface area contributed by atoms with Crippen LogP contribution >= 0.6 is 22.6 Å². The number of carbonyl (C=O) groups is 2. The highest BCUT2D eigenvalue weighted by atomic mass is 127. The Balaban J connectivity index is 3.05. The molecule has 0 saturated heterocycles. The molecule has 0 N–H and O–H groups in total. The normalized spacial score (nSPS) is 9.38. The number of hydrogen-bond donors (Lipinski definition) is 0. The number of hydrogen-bond acceptors (Lipinski definition) is 3. The predicted molar refractivity (Wildman–Crippen MR) is 55.9 cm³/mol. The number of halogens is 1. The van der Waals surface area contributed by atoms with E-state index in [9.17, 15) is 9.59 Å². The first-order valence-corrected chi connectivity index (χ1v) is 4.64. The molecule has 0 bridgehead atoms. The number of esters is 1. The maximum atomic E-state index is 10.6. The van der Waals surface area contributed by atoms with E-state index in [1.165, 1.54) is 6.92 Å². The molecule has 0 unspecified atom stereocenters. The number of ether oxygens (including phenoxy) is 1. The molecule has 3 nitrogen and oxygen atoms in total. The molecule has 0 spiro atoms. The van der Waals surface area contributed by atoms with Crippen LogP contribution < -0.4 is 4.74 Å². The summed E-state index contributed by atoms with van der Waals surface area (Å²) in [5.74, 6) is -0.118. The van der Waals surface area contributed by atoms with Crippen molar-refractivity contribution in [2.24, 2.45) is 0 Å². The second kappa shape index (κ2) is 4.36.